The van der Waals surface area contributed by atoms with Crippen molar-refractivity contribution >= 4 is 5.69 Å². The van der Waals surface area contributed by atoms with Gasteiger partial charge in [-0.3, -0.25) is 4.98 Å². The van der Waals surface area contributed by atoms with Crippen LogP contribution in [0.4, 0.5) is 5.69 Å². The molecule has 1 aromatic heterocycles. The third-order valence-electron chi connectivity index (χ3n) is 2.61. The topological polar surface area (TPSA) is 51.4 Å². The maximum Gasteiger partial charge on any atom is 0.0642 e. The average Bonchev–Trinajstić information content (AvgIpc) is 2.30. The van der Waals surface area contributed by atoms with Crippen molar-refractivity contribution in [2.75, 3.05) is 31.2 Å². The molecule has 1 saturated heterocycles. The van der Waals surface area contributed by atoms with E-state index in [9.17, 15) is 0 Å². The van der Waals surface area contributed by atoms with Gasteiger partial charge in [0.25, 0.3) is 0 Å². The highest BCUT2D eigenvalue weighted by Gasteiger charge is 2.11. The van der Waals surface area contributed by atoms with Crippen LogP contribution in [0.2, 0.25) is 0 Å². The van der Waals surface area contributed by atoms with Crippen molar-refractivity contribution in [3.63, 3.8) is 0 Å². The third kappa shape index (κ3) is 2.46. The second kappa shape index (κ2) is 4.59. The Bertz CT molecular complexity index is 304. The predicted octanol–water partition coefficient (Wildman–Crippen LogP) is 0.938. The Hall–Kier alpha value is -1.13. The molecule has 2 rings (SSSR count). The van der Waals surface area contributed by atoms with Crippen molar-refractivity contribution in [3.05, 3.63) is 24.0 Å². The Morgan fingerprint density at radius 2 is 2.13 bits per heavy atom. The summed E-state index contributed by atoms with van der Waals surface area (Å²) in [6.45, 7) is 5.43. The van der Waals surface area contributed by atoms with Crippen LogP contribution in [0.5, 0.6) is 0 Å². The van der Waals surface area contributed by atoms with Crippen molar-refractivity contribution in [1.82, 2.24) is 4.98 Å². The second-order valence-electron chi connectivity index (χ2n) is 3.83. The van der Waals surface area contributed by atoms with Crippen LogP contribution in [-0.2, 0) is 4.74 Å². The van der Waals surface area contributed by atoms with E-state index < -0.39 is 0 Å². The molecular formula is C11H17N3O. The zero-order valence-electron chi connectivity index (χ0n) is 9.02. The van der Waals surface area contributed by atoms with Gasteiger partial charge in [-0.15, -0.1) is 0 Å². The lowest BCUT2D eigenvalue weighted by molar-refractivity contribution is 0.122. The van der Waals surface area contributed by atoms with Gasteiger partial charge in [-0.25, -0.2) is 0 Å². The van der Waals surface area contributed by atoms with E-state index in [1.54, 1.807) is 0 Å². The number of morpholine rings is 1. The van der Waals surface area contributed by atoms with Gasteiger partial charge in [-0.05, 0) is 19.1 Å². The van der Waals surface area contributed by atoms with Crippen LogP contribution in [0.1, 0.15) is 18.7 Å². The van der Waals surface area contributed by atoms with Crippen LogP contribution in [0.15, 0.2) is 18.3 Å². The molecule has 1 aromatic rings. The van der Waals surface area contributed by atoms with Crippen molar-refractivity contribution in [1.29, 1.82) is 0 Å². The highest BCUT2D eigenvalue weighted by Crippen LogP contribution is 2.16. The number of aromatic nitrogens is 1. The van der Waals surface area contributed by atoms with Gasteiger partial charge in [-0.1, -0.05) is 0 Å². The van der Waals surface area contributed by atoms with Crippen LogP contribution in [-0.4, -0.2) is 31.3 Å². The molecule has 1 aliphatic rings. The molecule has 0 saturated carbocycles. The Kier molecular flexibility index (Phi) is 3.18. The first-order chi connectivity index (χ1) is 7.27. The quantitative estimate of drug-likeness (QED) is 0.784. The first-order valence-corrected chi connectivity index (χ1v) is 5.31. The Labute approximate surface area is 90.0 Å². The molecule has 0 aliphatic carbocycles. The molecular weight excluding hydrogens is 190 g/mol. The molecule has 2 heterocycles. The van der Waals surface area contributed by atoms with Gasteiger partial charge in [0, 0.05) is 19.1 Å². The fraction of sp³-hybridized carbons (Fsp3) is 0.545. The predicted molar refractivity (Wildman–Crippen MR) is 59.9 cm³/mol. The van der Waals surface area contributed by atoms with Crippen LogP contribution in [0, 0.1) is 0 Å². The summed E-state index contributed by atoms with van der Waals surface area (Å²) in [5.74, 6) is 0. The molecule has 15 heavy (non-hydrogen) atoms. The smallest absolute Gasteiger partial charge is 0.0642 e. The number of hydrogen-bond acceptors (Lipinski definition) is 4. The molecule has 0 amide bonds. The zero-order valence-corrected chi connectivity index (χ0v) is 9.02. The van der Waals surface area contributed by atoms with Gasteiger partial charge in [0.05, 0.1) is 30.8 Å². The molecule has 0 unspecified atom stereocenters. The summed E-state index contributed by atoms with van der Waals surface area (Å²) in [6.07, 6.45) is 1.89. The standard InChI is InChI=1S/C11H17N3O/c1-9(12)11-3-2-10(8-13-11)14-4-6-15-7-5-14/h2-3,8-9H,4-7,12H2,1H3/t9-/m1/s1. The molecule has 1 atom stereocenters. The molecule has 4 heteroatoms. The third-order valence-corrected chi connectivity index (χ3v) is 2.61. The van der Waals surface area contributed by atoms with Crippen LogP contribution in [0.25, 0.3) is 0 Å². The maximum absolute atomic E-state index is 5.75. The number of nitrogens with two attached hydrogens (primary N) is 1. The normalized spacial score (nSPS) is 18.9. The summed E-state index contributed by atoms with van der Waals surface area (Å²) < 4.78 is 5.30. The van der Waals surface area contributed by atoms with Crippen LogP contribution in [0.3, 0.4) is 0 Å². The van der Waals surface area contributed by atoms with E-state index in [4.69, 9.17) is 10.5 Å². The Morgan fingerprint density at radius 3 is 2.67 bits per heavy atom. The number of hydrogen-bond donors (Lipinski definition) is 1. The molecule has 0 radical (unpaired) electrons. The van der Waals surface area contributed by atoms with Gasteiger partial charge in [-0.2, -0.15) is 0 Å². The minimum Gasteiger partial charge on any atom is -0.378 e. The SMILES string of the molecule is C[C@@H](N)c1ccc(N2CCOCC2)cn1. The lowest BCUT2D eigenvalue weighted by Crippen LogP contribution is -2.36. The molecule has 82 valence electrons. The molecule has 1 aliphatic heterocycles. The van der Waals surface area contributed by atoms with E-state index in [0.29, 0.717) is 0 Å². The molecule has 2 N–H and O–H groups in total. The van der Waals surface area contributed by atoms with Crippen LogP contribution < -0.4 is 10.6 Å². The van der Waals surface area contributed by atoms with E-state index >= 15 is 0 Å². The molecule has 0 spiro atoms. The van der Waals surface area contributed by atoms with Crippen molar-refractivity contribution < 1.29 is 4.74 Å². The van der Waals surface area contributed by atoms with Gasteiger partial charge in [0.15, 0.2) is 0 Å². The zero-order chi connectivity index (χ0) is 10.7. The Balaban J connectivity index is 2.08. The monoisotopic (exact) mass is 207 g/mol. The summed E-state index contributed by atoms with van der Waals surface area (Å²) in [5.41, 5.74) is 7.84. The molecule has 1 fully saturated rings. The molecule has 0 aromatic carbocycles. The van der Waals surface area contributed by atoms with Gasteiger partial charge < -0.3 is 15.4 Å². The maximum atomic E-state index is 5.75. The second-order valence-corrected chi connectivity index (χ2v) is 3.83. The molecule has 0 bridgehead atoms. The lowest BCUT2D eigenvalue weighted by atomic mass is 10.2. The van der Waals surface area contributed by atoms with Crippen LogP contribution >= 0.6 is 0 Å². The first-order valence-electron chi connectivity index (χ1n) is 5.31. The average molecular weight is 207 g/mol. The van der Waals surface area contributed by atoms with Crippen molar-refractivity contribution in [3.8, 4) is 0 Å². The van der Waals surface area contributed by atoms with E-state index in [-0.39, 0.29) is 6.04 Å². The fourth-order valence-corrected chi connectivity index (χ4v) is 1.68. The summed E-state index contributed by atoms with van der Waals surface area (Å²) in [7, 11) is 0. The largest absolute Gasteiger partial charge is 0.378 e. The van der Waals surface area contributed by atoms with Crippen molar-refractivity contribution in [2.24, 2.45) is 5.73 Å². The summed E-state index contributed by atoms with van der Waals surface area (Å²) >= 11 is 0. The summed E-state index contributed by atoms with van der Waals surface area (Å²) in [4.78, 5) is 6.63. The van der Waals surface area contributed by atoms with Crippen molar-refractivity contribution in [2.45, 2.75) is 13.0 Å². The van der Waals surface area contributed by atoms with Gasteiger partial charge in [0.1, 0.15) is 0 Å². The van der Waals surface area contributed by atoms with E-state index in [2.05, 4.69) is 16.0 Å². The summed E-state index contributed by atoms with van der Waals surface area (Å²) in [6, 6.07) is 4.08. The molecule has 4 nitrogen and oxygen atoms in total. The number of ether oxygens (including phenoxy) is 1. The van der Waals surface area contributed by atoms with E-state index in [1.165, 1.54) is 0 Å². The Morgan fingerprint density at radius 1 is 1.40 bits per heavy atom. The first kappa shape index (κ1) is 10.4. The fourth-order valence-electron chi connectivity index (χ4n) is 1.68. The number of pyridine rings is 1. The number of anilines is 1. The minimum atomic E-state index is 0.00346. The highest BCUT2D eigenvalue weighted by atomic mass is 16.5. The van der Waals surface area contributed by atoms with Gasteiger partial charge >= 0.3 is 0 Å². The number of rotatable bonds is 2. The summed E-state index contributed by atoms with van der Waals surface area (Å²) in [5, 5.41) is 0. The van der Waals surface area contributed by atoms with E-state index in [0.717, 1.165) is 37.7 Å². The minimum absolute atomic E-state index is 0.00346. The lowest BCUT2D eigenvalue weighted by Gasteiger charge is -2.28. The van der Waals surface area contributed by atoms with E-state index in [1.807, 2.05) is 19.2 Å². The number of nitrogens with zero attached hydrogens (tertiary/aromatic N) is 2. The highest BCUT2D eigenvalue weighted by molar-refractivity contribution is 5.45. The van der Waals surface area contributed by atoms with Gasteiger partial charge in [0.2, 0.25) is 0 Å².